The summed E-state index contributed by atoms with van der Waals surface area (Å²) < 4.78 is 66.7. The predicted octanol–water partition coefficient (Wildman–Crippen LogP) is 11.1. The topological polar surface area (TPSA) is 126 Å². The molecule has 5 heterocycles. The fraction of sp³-hybridized carbons (Fsp3) is 0.583. The molecule has 7 rings (SSSR count). The van der Waals surface area contributed by atoms with E-state index in [2.05, 4.69) is 37.5 Å². The molecular formula is C48H68F2N6O7S2. The van der Waals surface area contributed by atoms with Gasteiger partial charge in [0, 0.05) is 36.7 Å². The Labute approximate surface area is 385 Å². The number of aromatic nitrogens is 4. The van der Waals surface area contributed by atoms with Crippen molar-refractivity contribution >= 4 is 54.3 Å². The highest BCUT2D eigenvalue weighted by Crippen LogP contribution is 2.41. The van der Waals surface area contributed by atoms with Crippen molar-refractivity contribution in [1.82, 2.24) is 28.9 Å². The van der Waals surface area contributed by atoms with Crippen LogP contribution in [0.25, 0.3) is 44.7 Å². The first-order chi connectivity index (χ1) is 30.4. The van der Waals surface area contributed by atoms with Crippen LogP contribution in [-0.2, 0) is 32.4 Å². The molecule has 3 aromatic heterocycles. The normalized spacial score (nSPS) is 18.1. The van der Waals surface area contributed by atoms with Gasteiger partial charge in [-0.1, -0.05) is 0 Å². The number of benzene rings is 2. The van der Waals surface area contributed by atoms with Crippen molar-refractivity contribution in [3.05, 3.63) is 59.7 Å². The lowest BCUT2D eigenvalue weighted by Crippen LogP contribution is -2.37. The second-order valence-corrected chi connectivity index (χ2v) is 30.1. The minimum atomic E-state index is -0.808. The van der Waals surface area contributed by atoms with Crippen molar-refractivity contribution in [2.24, 2.45) is 0 Å². The Morgan fingerprint density at radius 1 is 0.662 bits per heavy atom. The average Bonchev–Trinajstić information content (AvgIpc) is 4.02. The van der Waals surface area contributed by atoms with E-state index in [0.29, 0.717) is 72.9 Å². The fourth-order valence-electron chi connectivity index (χ4n) is 8.19. The summed E-state index contributed by atoms with van der Waals surface area (Å²) in [6.07, 6.45) is 15.4. The Kier molecular flexibility index (Phi) is 14.0. The second-order valence-electron chi connectivity index (χ2n) is 20.9. The molecule has 0 bridgehead atoms. The molecule has 2 fully saturated rings. The van der Waals surface area contributed by atoms with Crippen LogP contribution in [0.15, 0.2) is 40.8 Å². The van der Waals surface area contributed by atoms with Gasteiger partial charge in [0.1, 0.15) is 59.5 Å². The number of hydrogen-bond donors (Lipinski definition) is 0. The third-order valence-electron chi connectivity index (χ3n) is 11.3. The number of furan rings is 1. The van der Waals surface area contributed by atoms with Gasteiger partial charge in [0.05, 0.1) is 58.5 Å². The molecule has 2 atom stereocenters. The van der Waals surface area contributed by atoms with Gasteiger partial charge in [0.15, 0.2) is 0 Å². The molecule has 2 aliphatic heterocycles. The Balaban J connectivity index is 1.23. The van der Waals surface area contributed by atoms with Crippen molar-refractivity contribution in [3.8, 4) is 22.6 Å². The van der Waals surface area contributed by atoms with Crippen molar-refractivity contribution in [1.29, 1.82) is 0 Å². The standard InChI is InChI=1S/C48H68F2N6O7S2/c1-47(2,3)62-45(57)53-19-13-15-37(53)43-51-35-25-31(33(49)27-39(35)55(43)29-59-21-23-64(7,8)9)41-17-18-42(61-41)32-26-36-40(28-34(32)50)56(30-60-22-24-65(10,11)12)44(52-36)38-16-14-20-54(38)46(58)63-48(4,5)6/h17-18,25-28,37-38H,13-16,19-24,29-30H2,1-12H3/t37-,38-/m0/s1. The molecule has 0 saturated carbocycles. The molecule has 13 nitrogen and oxygen atoms in total. The number of ether oxygens (including phenoxy) is 4. The second kappa shape index (κ2) is 18.8. The van der Waals surface area contributed by atoms with Crippen LogP contribution in [0, 0.1) is 11.6 Å². The SMILES string of the molecule is CC(C)(C)OC(=O)N1CCC[C@H]1c1nc2cc(-c3ccc(-c4cc5nc([C@@H]6CCCN6C(=O)OC(C)(C)C)n(COCCS(C)(C)C)c5cc4F)o3)c(F)cc2n1COCCS(C)(C)C. The van der Waals surface area contributed by atoms with E-state index in [-0.39, 0.29) is 36.1 Å². The van der Waals surface area contributed by atoms with Crippen LogP contribution in [0.2, 0.25) is 0 Å². The van der Waals surface area contributed by atoms with Gasteiger partial charge in [0.2, 0.25) is 0 Å². The van der Waals surface area contributed by atoms with E-state index < -0.39 is 67.2 Å². The molecular weight excluding hydrogens is 875 g/mol. The third kappa shape index (κ3) is 11.6. The molecule has 0 unspecified atom stereocenters. The Hall–Kier alpha value is -4.32. The van der Waals surface area contributed by atoms with Gasteiger partial charge in [-0.05, 0) is 129 Å². The van der Waals surface area contributed by atoms with Crippen LogP contribution < -0.4 is 0 Å². The molecule has 0 aliphatic carbocycles. The van der Waals surface area contributed by atoms with Gasteiger partial charge in [-0.2, -0.15) is 0 Å². The lowest BCUT2D eigenvalue weighted by atomic mass is 10.1. The highest BCUT2D eigenvalue weighted by Gasteiger charge is 2.38. The highest BCUT2D eigenvalue weighted by molar-refractivity contribution is 8.32. The van der Waals surface area contributed by atoms with Crippen LogP contribution in [0.3, 0.4) is 0 Å². The molecule has 358 valence electrons. The van der Waals surface area contributed by atoms with E-state index in [1.807, 2.05) is 50.7 Å². The number of nitrogens with zero attached hydrogens (tertiary/aromatic N) is 6. The first-order valence-corrected chi connectivity index (χ1v) is 28.4. The molecule has 2 amide bonds. The van der Waals surface area contributed by atoms with Gasteiger partial charge in [-0.25, -0.2) is 48.4 Å². The van der Waals surface area contributed by atoms with Crippen LogP contribution in [-0.4, -0.2) is 128 Å². The number of rotatable bonds is 14. The van der Waals surface area contributed by atoms with Crippen LogP contribution in [0.1, 0.15) is 91.0 Å². The quantitative estimate of drug-likeness (QED) is 0.100. The highest BCUT2D eigenvalue weighted by atomic mass is 32.3. The van der Waals surface area contributed by atoms with Gasteiger partial charge >= 0.3 is 12.2 Å². The minimum Gasteiger partial charge on any atom is -0.456 e. The summed E-state index contributed by atoms with van der Waals surface area (Å²) in [4.78, 5) is 40.2. The van der Waals surface area contributed by atoms with Gasteiger partial charge < -0.3 is 32.5 Å². The fourth-order valence-corrected chi connectivity index (χ4v) is 9.43. The Morgan fingerprint density at radius 2 is 1.05 bits per heavy atom. The zero-order valence-corrected chi connectivity index (χ0v) is 41.9. The first kappa shape index (κ1) is 48.6. The zero-order valence-electron chi connectivity index (χ0n) is 40.2. The van der Waals surface area contributed by atoms with Crippen molar-refractivity contribution in [2.75, 3.05) is 75.3 Å². The molecule has 17 heteroatoms. The number of carbonyl (C=O) groups is 2. The maximum atomic E-state index is 16.4. The molecule has 2 aliphatic rings. The van der Waals surface area contributed by atoms with E-state index in [4.69, 9.17) is 33.3 Å². The first-order valence-electron chi connectivity index (χ1n) is 22.3. The Morgan fingerprint density at radius 3 is 1.40 bits per heavy atom. The molecule has 2 saturated heterocycles. The summed E-state index contributed by atoms with van der Waals surface area (Å²) in [5.74, 6) is 2.25. The molecule has 5 aromatic rings. The smallest absolute Gasteiger partial charge is 0.410 e. The maximum Gasteiger partial charge on any atom is 0.410 e. The van der Waals surface area contributed by atoms with E-state index in [1.54, 1.807) is 34.1 Å². The lowest BCUT2D eigenvalue weighted by molar-refractivity contribution is 0.0196. The summed E-state index contributed by atoms with van der Waals surface area (Å²) in [7, 11) is -1.62. The van der Waals surface area contributed by atoms with Gasteiger partial charge in [-0.15, -0.1) is 0 Å². The van der Waals surface area contributed by atoms with E-state index in [9.17, 15) is 9.59 Å². The molecule has 65 heavy (non-hydrogen) atoms. The number of hydrogen-bond acceptors (Lipinski definition) is 9. The molecule has 2 aromatic carbocycles. The van der Waals surface area contributed by atoms with Crippen LogP contribution in [0.5, 0.6) is 0 Å². The number of halogens is 2. The average molecular weight is 943 g/mol. The Bertz CT molecular complexity index is 2360. The molecule has 0 radical (unpaired) electrons. The third-order valence-corrected chi connectivity index (χ3v) is 14.1. The largest absolute Gasteiger partial charge is 0.456 e. The zero-order chi connectivity index (χ0) is 47.2. The van der Waals surface area contributed by atoms with E-state index in [1.165, 1.54) is 12.1 Å². The number of likely N-dealkylation sites (tertiary alicyclic amines) is 2. The number of fused-ring (bicyclic) bond motifs is 2. The summed E-state index contributed by atoms with van der Waals surface area (Å²) >= 11 is 0. The maximum absolute atomic E-state index is 16.4. The van der Waals surface area contributed by atoms with Gasteiger partial charge in [0.25, 0.3) is 0 Å². The van der Waals surface area contributed by atoms with Crippen LogP contribution >= 0.6 is 20.1 Å². The molecule has 0 N–H and O–H groups in total. The number of carbonyl (C=O) groups excluding carboxylic acids is 2. The van der Waals surface area contributed by atoms with E-state index in [0.717, 1.165) is 24.3 Å². The summed E-state index contributed by atoms with van der Waals surface area (Å²) in [5.41, 5.74) is 0.988. The van der Waals surface area contributed by atoms with Crippen molar-refractivity contribution in [2.45, 2.75) is 104 Å². The number of amides is 2. The van der Waals surface area contributed by atoms with Crippen molar-refractivity contribution < 1.29 is 41.7 Å². The predicted molar refractivity (Wildman–Crippen MR) is 258 cm³/mol. The van der Waals surface area contributed by atoms with Crippen LogP contribution in [0.4, 0.5) is 18.4 Å². The minimum absolute atomic E-state index is 0.132. The number of imidazole rings is 2. The summed E-state index contributed by atoms with van der Waals surface area (Å²) in [6.45, 7) is 13.3. The summed E-state index contributed by atoms with van der Waals surface area (Å²) in [5, 5.41) is 0. The lowest BCUT2D eigenvalue weighted by Gasteiger charge is -2.29. The molecule has 0 spiro atoms. The summed E-state index contributed by atoms with van der Waals surface area (Å²) in [6, 6.07) is 8.54. The monoisotopic (exact) mass is 942 g/mol. The van der Waals surface area contributed by atoms with Crippen molar-refractivity contribution in [3.63, 3.8) is 0 Å². The van der Waals surface area contributed by atoms with E-state index >= 15 is 8.78 Å². The van der Waals surface area contributed by atoms with Gasteiger partial charge in [-0.3, -0.25) is 9.80 Å².